The molecule has 1 fully saturated rings. The molecule has 1 aromatic rings. The molecular weight excluding hydrogens is 218 g/mol. The van der Waals surface area contributed by atoms with E-state index in [0.717, 1.165) is 6.54 Å². The van der Waals surface area contributed by atoms with Gasteiger partial charge in [-0.2, -0.15) is 0 Å². The number of nitrogens with one attached hydrogen (secondary N) is 1. The van der Waals surface area contributed by atoms with Crippen molar-refractivity contribution in [3.05, 3.63) is 16.6 Å². The van der Waals surface area contributed by atoms with E-state index in [1.807, 2.05) is 5.51 Å². The molecule has 0 bridgehead atoms. The predicted molar refractivity (Wildman–Crippen MR) is 68.7 cm³/mol. The second-order valence-corrected chi connectivity index (χ2v) is 5.14. The molecule has 1 unspecified atom stereocenters. The lowest BCUT2D eigenvalue weighted by molar-refractivity contribution is 0.297. The topological polar surface area (TPSA) is 28.2 Å². The highest BCUT2D eigenvalue weighted by molar-refractivity contribution is 7.07. The standard InChI is InChI=1S/C12H21N3S/c1-2-15-6-3-4-11(5-7-15)13-8-12-9-16-10-14-12/h9-11,13H,2-8H2,1H3. The molecule has 1 atom stereocenters. The number of hydrogen-bond acceptors (Lipinski definition) is 4. The molecule has 0 radical (unpaired) electrons. The van der Waals surface area contributed by atoms with Crippen LogP contribution in [0.4, 0.5) is 0 Å². The molecule has 3 nitrogen and oxygen atoms in total. The molecule has 2 heterocycles. The van der Waals surface area contributed by atoms with E-state index < -0.39 is 0 Å². The van der Waals surface area contributed by atoms with Gasteiger partial charge in [0.2, 0.25) is 0 Å². The molecular formula is C12H21N3S. The maximum Gasteiger partial charge on any atom is 0.0795 e. The monoisotopic (exact) mass is 239 g/mol. The molecule has 1 aliphatic heterocycles. The molecule has 90 valence electrons. The van der Waals surface area contributed by atoms with Crippen LogP contribution in [0.2, 0.25) is 0 Å². The maximum atomic E-state index is 4.30. The summed E-state index contributed by atoms with van der Waals surface area (Å²) >= 11 is 1.67. The van der Waals surface area contributed by atoms with E-state index >= 15 is 0 Å². The van der Waals surface area contributed by atoms with Crippen LogP contribution < -0.4 is 5.32 Å². The minimum atomic E-state index is 0.679. The van der Waals surface area contributed by atoms with Gasteiger partial charge in [-0.15, -0.1) is 11.3 Å². The van der Waals surface area contributed by atoms with Crippen molar-refractivity contribution in [3.8, 4) is 0 Å². The molecule has 0 aromatic carbocycles. The molecule has 0 spiro atoms. The van der Waals surface area contributed by atoms with Crippen LogP contribution in [0.3, 0.4) is 0 Å². The average Bonchev–Trinajstić information content (AvgIpc) is 2.72. The first-order valence-electron chi connectivity index (χ1n) is 6.21. The molecule has 4 heteroatoms. The summed E-state index contributed by atoms with van der Waals surface area (Å²) in [6.45, 7) is 6.89. The summed E-state index contributed by atoms with van der Waals surface area (Å²) in [5.74, 6) is 0. The van der Waals surface area contributed by atoms with Crippen LogP contribution in [-0.4, -0.2) is 35.6 Å². The molecule has 1 N–H and O–H groups in total. The minimum Gasteiger partial charge on any atom is -0.308 e. The Balaban J connectivity index is 1.73. The van der Waals surface area contributed by atoms with E-state index in [4.69, 9.17) is 0 Å². The second-order valence-electron chi connectivity index (χ2n) is 4.42. The van der Waals surface area contributed by atoms with E-state index in [1.165, 1.54) is 44.6 Å². The number of hydrogen-bond donors (Lipinski definition) is 1. The van der Waals surface area contributed by atoms with Crippen molar-refractivity contribution in [1.29, 1.82) is 0 Å². The van der Waals surface area contributed by atoms with Crippen molar-refractivity contribution >= 4 is 11.3 Å². The highest BCUT2D eigenvalue weighted by atomic mass is 32.1. The van der Waals surface area contributed by atoms with Crippen molar-refractivity contribution < 1.29 is 0 Å². The summed E-state index contributed by atoms with van der Waals surface area (Å²) in [4.78, 5) is 6.85. The van der Waals surface area contributed by atoms with Crippen LogP contribution in [0.1, 0.15) is 31.9 Å². The average molecular weight is 239 g/mol. The Labute approximate surface area is 102 Å². The van der Waals surface area contributed by atoms with E-state index in [1.54, 1.807) is 11.3 Å². The quantitative estimate of drug-likeness (QED) is 0.872. The van der Waals surface area contributed by atoms with Gasteiger partial charge in [-0.25, -0.2) is 4.98 Å². The third-order valence-electron chi connectivity index (χ3n) is 3.32. The van der Waals surface area contributed by atoms with Gasteiger partial charge < -0.3 is 10.2 Å². The van der Waals surface area contributed by atoms with Crippen LogP contribution in [-0.2, 0) is 6.54 Å². The Morgan fingerprint density at radius 1 is 1.50 bits per heavy atom. The lowest BCUT2D eigenvalue weighted by atomic mass is 10.1. The van der Waals surface area contributed by atoms with Crippen LogP contribution in [0.25, 0.3) is 0 Å². The molecule has 0 saturated carbocycles. The summed E-state index contributed by atoms with van der Waals surface area (Å²) < 4.78 is 0. The van der Waals surface area contributed by atoms with Gasteiger partial charge in [-0.1, -0.05) is 6.92 Å². The lowest BCUT2D eigenvalue weighted by Crippen LogP contribution is -2.30. The number of aromatic nitrogens is 1. The van der Waals surface area contributed by atoms with E-state index in [9.17, 15) is 0 Å². The van der Waals surface area contributed by atoms with Crippen LogP contribution >= 0.6 is 11.3 Å². The van der Waals surface area contributed by atoms with Gasteiger partial charge in [0, 0.05) is 18.0 Å². The third kappa shape index (κ3) is 3.54. The highest BCUT2D eigenvalue weighted by Gasteiger charge is 2.15. The zero-order valence-corrected chi connectivity index (χ0v) is 10.8. The van der Waals surface area contributed by atoms with Gasteiger partial charge in [0.1, 0.15) is 0 Å². The van der Waals surface area contributed by atoms with Crippen LogP contribution in [0.5, 0.6) is 0 Å². The van der Waals surface area contributed by atoms with E-state index in [-0.39, 0.29) is 0 Å². The SMILES string of the molecule is CCN1CCCC(NCc2cscn2)CC1. The third-order valence-corrected chi connectivity index (χ3v) is 3.96. The molecule has 1 aromatic heterocycles. The molecule has 1 saturated heterocycles. The molecule has 16 heavy (non-hydrogen) atoms. The fourth-order valence-electron chi connectivity index (χ4n) is 2.25. The van der Waals surface area contributed by atoms with Crippen molar-refractivity contribution in [3.63, 3.8) is 0 Å². The van der Waals surface area contributed by atoms with Gasteiger partial charge >= 0.3 is 0 Å². The molecule has 2 rings (SSSR count). The van der Waals surface area contributed by atoms with Crippen LogP contribution in [0, 0.1) is 0 Å². The minimum absolute atomic E-state index is 0.679. The summed E-state index contributed by atoms with van der Waals surface area (Å²) in [6.07, 6.45) is 3.90. The smallest absolute Gasteiger partial charge is 0.0795 e. The zero-order valence-electron chi connectivity index (χ0n) is 9.98. The van der Waals surface area contributed by atoms with E-state index in [2.05, 4.69) is 27.5 Å². The fraction of sp³-hybridized carbons (Fsp3) is 0.750. The Bertz CT molecular complexity index is 286. The number of thiazole rings is 1. The Kier molecular flexibility index (Phi) is 4.75. The maximum absolute atomic E-state index is 4.30. The number of nitrogens with zero attached hydrogens (tertiary/aromatic N) is 2. The van der Waals surface area contributed by atoms with Gasteiger partial charge in [0.05, 0.1) is 11.2 Å². The second kappa shape index (κ2) is 6.33. The highest BCUT2D eigenvalue weighted by Crippen LogP contribution is 2.11. The Morgan fingerprint density at radius 2 is 2.44 bits per heavy atom. The summed E-state index contributed by atoms with van der Waals surface area (Å²) in [7, 11) is 0. The molecule has 0 aliphatic carbocycles. The normalized spacial score (nSPS) is 23.2. The van der Waals surface area contributed by atoms with Crippen molar-refractivity contribution in [1.82, 2.24) is 15.2 Å². The largest absolute Gasteiger partial charge is 0.308 e. The summed E-state index contributed by atoms with van der Waals surface area (Å²) in [5.41, 5.74) is 3.09. The van der Waals surface area contributed by atoms with Crippen molar-refractivity contribution in [2.45, 2.75) is 38.8 Å². The van der Waals surface area contributed by atoms with E-state index in [0.29, 0.717) is 6.04 Å². The first-order valence-corrected chi connectivity index (χ1v) is 7.15. The van der Waals surface area contributed by atoms with Crippen LogP contribution in [0.15, 0.2) is 10.9 Å². The van der Waals surface area contributed by atoms with Crippen molar-refractivity contribution in [2.75, 3.05) is 19.6 Å². The number of likely N-dealkylation sites (tertiary alicyclic amines) is 1. The first-order chi connectivity index (χ1) is 7.88. The molecule has 1 aliphatic rings. The summed E-state index contributed by atoms with van der Waals surface area (Å²) in [6, 6.07) is 0.679. The predicted octanol–water partition coefficient (Wildman–Crippen LogP) is 2.11. The Hall–Kier alpha value is -0.450. The fourth-order valence-corrected chi connectivity index (χ4v) is 2.81. The summed E-state index contributed by atoms with van der Waals surface area (Å²) in [5, 5.41) is 5.75. The Morgan fingerprint density at radius 3 is 3.19 bits per heavy atom. The van der Waals surface area contributed by atoms with Gasteiger partial charge in [0.15, 0.2) is 0 Å². The number of rotatable bonds is 4. The van der Waals surface area contributed by atoms with Gasteiger partial charge in [-0.05, 0) is 38.9 Å². The first kappa shape index (κ1) is 12.0. The lowest BCUT2D eigenvalue weighted by Gasteiger charge is -2.18. The van der Waals surface area contributed by atoms with Gasteiger partial charge in [-0.3, -0.25) is 0 Å². The molecule has 0 amide bonds. The van der Waals surface area contributed by atoms with Gasteiger partial charge in [0.25, 0.3) is 0 Å². The zero-order chi connectivity index (χ0) is 11.2. The van der Waals surface area contributed by atoms with Crippen molar-refractivity contribution in [2.24, 2.45) is 0 Å².